The van der Waals surface area contributed by atoms with E-state index in [4.69, 9.17) is 0 Å². The van der Waals surface area contributed by atoms with Crippen molar-refractivity contribution in [2.75, 3.05) is 0 Å². The molecule has 4 heteroatoms. The number of hydrogen-bond donors (Lipinski definition) is 0. The van der Waals surface area contributed by atoms with Gasteiger partial charge in [0.2, 0.25) is 5.78 Å². The van der Waals surface area contributed by atoms with Crippen LogP contribution in [0.1, 0.15) is 31.5 Å². The minimum atomic E-state index is -0.0126. The number of rotatable bonds is 3. The largest absolute Gasteiger partial charge is 0.288 e. The van der Waals surface area contributed by atoms with Gasteiger partial charge in [-0.2, -0.15) is 5.10 Å². The van der Waals surface area contributed by atoms with E-state index in [1.54, 1.807) is 35.2 Å². The van der Waals surface area contributed by atoms with Crippen molar-refractivity contribution in [3.63, 3.8) is 0 Å². The van der Waals surface area contributed by atoms with E-state index in [1.807, 2.05) is 13.0 Å². The van der Waals surface area contributed by atoms with Crippen LogP contribution in [0.25, 0.3) is 6.08 Å². The molecule has 0 saturated carbocycles. The molecule has 0 amide bonds. The molecule has 0 aliphatic carbocycles. The number of carbonyl (C=O) groups is 1. The first-order chi connectivity index (χ1) is 8.47. The SMILES string of the molecule is Cc1cc(C(=O)/C=C/c2cc(C)sc2C)n(C)n1. The molecule has 3 nitrogen and oxygen atoms in total. The molecule has 0 radical (unpaired) electrons. The van der Waals surface area contributed by atoms with Gasteiger partial charge < -0.3 is 0 Å². The van der Waals surface area contributed by atoms with Gasteiger partial charge in [-0.1, -0.05) is 0 Å². The standard InChI is InChI=1S/C14H16N2OS/c1-9-7-13(16(4)15-9)14(17)6-5-12-8-10(2)18-11(12)3/h5-8H,1-4H3/b6-5+. The van der Waals surface area contributed by atoms with Crippen LogP contribution < -0.4 is 0 Å². The van der Waals surface area contributed by atoms with E-state index in [1.165, 1.54) is 9.75 Å². The first kappa shape index (κ1) is 12.8. The zero-order chi connectivity index (χ0) is 13.3. The number of aromatic nitrogens is 2. The molecule has 2 aromatic heterocycles. The lowest BCUT2D eigenvalue weighted by Crippen LogP contribution is -2.03. The number of hydrogen-bond acceptors (Lipinski definition) is 3. The van der Waals surface area contributed by atoms with Gasteiger partial charge in [0, 0.05) is 16.8 Å². The summed E-state index contributed by atoms with van der Waals surface area (Å²) in [6.07, 6.45) is 3.49. The Hall–Kier alpha value is -1.68. The van der Waals surface area contributed by atoms with Gasteiger partial charge in [-0.15, -0.1) is 11.3 Å². The first-order valence-electron chi connectivity index (χ1n) is 5.77. The molecule has 0 fully saturated rings. The van der Waals surface area contributed by atoms with E-state index in [9.17, 15) is 4.79 Å². The van der Waals surface area contributed by atoms with Crippen molar-refractivity contribution >= 4 is 23.2 Å². The van der Waals surface area contributed by atoms with E-state index < -0.39 is 0 Å². The van der Waals surface area contributed by atoms with Gasteiger partial charge in [-0.25, -0.2) is 0 Å². The van der Waals surface area contributed by atoms with Crippen LogP contribution in [0.15, 0.2) is 18.2 Å². The molecule has 2 heterocycles. The summed E-state index contributed by atoms with van der Waals surface area (Å²) >= 11 is 1.74. The molecule has 0 aliphatic rings. The zero-order valence-corrected chi connectivity index (χ0v) is 11.8. The van der Waals surface area contributed by atoms with Crippen molar-refractivity contribution in [3.8, 4) is 0 Å². The summed E-state index contributed by atoms with van der Waals surface area (Å²) in [6, 6.07) is 3.90. The van der Waals surface area contributed by atoms with E-state index >= 15 is 0 Å². The number of thiophene rings is 1. The third-order valence-electron chi connectivity index (χ3n) is 2.75. The zero-order valence-electron chi connectivity index (χ0n) is 11.0. The maximum absolute atomic E-state index is 12.0. The summed E-state index contributed by atoms with van der Waals surface area (Å²) < 4.78 is 1.62. The van der Waals surface area contributed by atoms with E-state index in [2.05, 4.69) is 25.0 Å². The number of nitrogens with zero attached hydrogens (tertiary/aromatic N) is 2. The molecular formula is C14H16N2OS. The molecule has 0 spiro atoms. The minimum Gasteiger partial charge on any atom is -0.288 e. The Kier molecular flexibility index (Phi) is 3.48. The topological polar surface area (TPSA) is 34.9 Å². The third-order valence-corrected chi connectivity index (χ3v) is 3.73. The normalized spacial score (nSPS) is 11.3. The number of allylic oxidation sites excluding steroid dienone is 1. The van der Waals surface area contributed by atoms with Gasteiger partial charge >= 0.3 is 0 Å². The fourth-order valence-electron chi connectivity index (χ4n) is 1.91. The Labute approximate surface area is 111 Å². The van der Waals surface area contributed by atoms with Crippen molar-refractivity contribution < 1.29 is 4.79 Å². The van der Waals surface area contributed by atoms with Crippen LogP contribution in [0, 0.1) is 20.8 Å². The fourth-order valence-corrected chi connectivity index (χ4v) is 2.82. The van der Waals surface area contributed by atoms with Crippen LogP contribution in [0.4, 0.5) is 0 Å². The molecule has 0 N–H and O–H groups in total. The van der Waals surface area contributed by atoms with Crippen LogP contribution in [0.5, 0.6) is 0 Å². The maximum Gasteiger partial charge on any atom is 0.203 e. The van der Waals surface area contributed by atoms with E-state index in [0.717, 1.165) is 11.3 Å². The van der Waals surface area contributed by atoms with Crippen LogP contribution in [-0.2, 0) is 7.05 Å². The second-order valence-electron chi connectivity index (χ2n) is 4.36. The molecule has 0 aliphatic heterocycles. The first-order valence-corrected chi connectivity index (χ1v) is 6.59. The second kappa shape index (κ2) is 4.90. The van der Waals surface area contributed by atoms with Crippen molar-refractivity contribution in [1.82, 2.24) is 9.78 Å². The molecule has 94 valence electrons. The van der Waals surface area contributed by atoms with Crippen LogP contribution >= 0.6 is 11.3 Å². The lowest BCUT2D eigenvalue weighted by molar-refractivity contribution is 0.103. The monoisotopic (exact) mass is 260 g/mol. The summed E-state index contributed by atoms with van der Waals surface area (Å²) in [5.41, 5.74) is 2.59. The molecule has 0 bridgehead atoms. The highest BCUT2D eigenvalue weighted by Crippen LogP contribution is 2.21. The highest BCUT2D eigenvalue weighted by Gasteiger charge is 2.08. The minimum absolute atomic E-state index is 0.0126. The average molecular weight is 260 g/mol. The molecule has 2 rings (SSSR count). The Morgan fingerprint density at radius 1 is 1.33 bits per heavy atom. The Bertz CT molecular complexity index is 620. The summed E-state index contributed by atoms with van der Waals surface area (Å²) in [6.45, 7) is 6.02. The van der Waals surface area contributed by atoms with Crippen LogP contribution in [0.3, 0.4) is 0 Å². The van der Waals surface area contributed by atoms with Crippen molar-refractivity contribution in [2.45, 2.75) is 20.8 Å². The van der Waals surface area contributed by atoms with Crippen molar-refractivity contribution in [3.05, 3.63) is 44.9 Å². The Balaban J connectivity index is 2.22. The Morgan fingerprint density at radius 3 is 2.56 bits per heavy atom. The number of aryl methyl sites for hydroxylation is 4. The van der Waals surface area contributed by atoms with Crippen LogP contribution in [-0.4, -0.2) is 15.6 Å². The second-order valence-corrected chi connectivity index (χ2v) is 5.82. The van der Waals surface area contributed by atoms with Gasteiger partial charge in [-0.3, -0.25) is 9.48 Å². The number of carbonyl (C=O) groups excluding carboxylic acids is 1. The lowest BCUT2D eigenvalue weighted by atomic mass is 10.2. The number of ketones is 1. The van der Waals surface area contributed by atoms with Gasteiger partial charge in [0.05, 0.1) is 5.69 Å². The highest BCUT2D eigenvalue weighted by atomic mass is 32.1. The Morgan fingerprint density at radius 2 is 2.06 bits per heavy atom. The maximum atomic E-state index is 12.0. The summed E-state index contributed by atoms with van der Waals surface area (Å²) in [4.78, 5) is 14.5. The third kappa shape index (κ3) is 2.59. The van der Waals surface area contributed by atoms with E-state index in [0.29, 0.717) is 5.69 Å². The summed E-state index contributed by atoms with van der Waals surface area (Å²) in [5, 5.41) is 4.17. The average Bonchev–Trinajstić information content (AvgIpc) is 2.78. The summed E-state index contributed by atoms with van der Waals surface area (Å²) in [7, 11) is 1.79. The molecule has 0 atom stereocenters. The van der Waals surface area contributed by atoms with Crippen molar-refractivity contribution in [2.24, 2.45) is 7.05 Å². The molecule has 0 aromatic carbocycles. The lowest BCUT2D eigenvalue weighted by Gasteiger charge is -1.95. The van der Waals surface area contributed by atoms with Gasteiger partial charge in [-0.05, 0) is 50.6 Å². The van der Waals surface area contributed by atoms with Crippen molar-refractivity contribution in [1.29, 1.82) is 0 Å². The molecule has 0 saturated heterocycles. The smallest absolute Gasteiger partial charge is 0.203 e. The summed E-state index contributed by atoms with van der Waals surface area (Å²) in [5.74, 6) is -0.0126. The molecule has 18 heavy (non-hydrogen) atoms. The van der Waals surface area contributed by atoms with Crippen LogP contribution in [0.2, 0.25) is 0 Å². The molecular weight excluding hydrogens is 244 g/mol. The highest BCUT2D eigenvalue weighted by molar-refractivity contribution is 7.12. The van der Waals surface area contributed by atoms with Gasteiger partial charge in [0.25, 0.3) is 0 Å². The predicted octanol–water partition coefficient (Wildman–Crippen LogP) is 3.30. The predicted molar refractivity (Wildman–Crippen MR) is 75.1 cm³/mol. The van der Waals surface area contributed by atoms with Gasteiger partial charge in [0.15, 0.2) is 0 Å². The quantitative estimate of drug-likeness (QED) is 0.627. The van der Waals surface area contributed by atoms with Gasteiger partial charge in [0.1, 0.15) is 5.69 Å². The fraction of sp³-hybridized carbons (Fsp3) is 0.286. The molecule has 2 aromatic rings. The van der Waals surface area contributed by atoms with E-state index in [-0.39, 0.29) is 5.78 Å². The molecule has 0 unspecified atom stereocenters.